The molecule has 3 nitrogen and oxygen atoms in total. The Bertz CT molecular complexity index is 298. The van der Waals surface area contributed by atoms with E-state index in [0.717, 1.165) is 0 Å². The number of alkyl halides is 2. The van der Waals surface area contributed by atoms with Gasteiger partial charge in [-0.15, -0.1) is 0 Å². The topological polar surface area (TPSA) is 52.9 Å². The summed E-state index contributed by atoms with van der Waals surface area (Å²) >= 11 is 0. The van der Waals surface area contributed by atoms with E-state index in [9.17, 15) is 13.6 Å². The lowest BCUT2D eigenvalue weighted by Crippen LogP contribution is -2.34. The van der Waals surface area contributed by atoms with Crippen molar-refractivity contribution in [3.63, 3.8) is 0 Å². The van der Waals surface area contributed by atoms with Gasteiger partial charge in [-0.05, 0) is 6.92 Å². The number of amides is 1. The van der Waals surface area contributed by atoms with Crippen LogP contribution in [-0.4, -0.2) is 18.4 Å². The summed E-state index contributed by atoms with van der Waals surface area (Å²) in [6, 6.07) is 1.74. The zero-order valence-corrected chi connectivity index (χ0v) is 8.10. The predicted molar refractivity (Wildman–Crippen MR) is 45.5 cm³/mol. The van der Waals surface area contributed by atoms with Crippen LogP contribution in [0.1, 0.15) is 20.3 Å². The van der Waals surface area contributed by atoms with Gasteiger partial charge in [0.2, 0.25) is 5.91 Å². The lowest BCUT2D eigenvalue weighted by atomic mass is 10.1. The van der Waals surface area contributed by atoms with Crippen molar-refractivity contribution in [3.8, 4) is 6.07 Å². The van der Waals surface area contributed by atoms with Crippen molar-refractivity contribution >= 4 is 5.91 Å². The Kier molecular flexibility index (Phi) is 2.49. The Morgan fingerprint density at radius 3 is 2.57 bits per heavy atom. The van der Waals surface area contributed by atoms with E-state index < -0.39 is 23.2 Å². The van der Waals surface area contributed by atoms with E-state index in [-0.39, 0.29) is 13.0 Å². The molecule has 1 amide bonds. The first-order valence-electron chi connectivity index (χ1n) is 4.37. The van der Waals surface area contributed by atoms with Crippen LogP contribution >= 0.6 is 0 Å². The Hall–Kier alpha value is -1.18. The van der Waals surface area contributed by atoms with Crippen LogP contribution in [0.3, 0.4) is 0 Å². The van der Waals surface area contributed by atoms with E-state index in [1.807, 2.05) is 0 Å². The number of nitrogens with one attached hydrogen (secondary N) is 1. The van der Waals surface area contributed by atoms with Gasteiger partial charge in [0.15, 0.2) is 0 Å². The largest absolute Gasteiger partial charge is 0.354 e. The predicted octanol–water partition coefficient (Wildman–Crippen LogP) is 1.31. The van der Waals surface area contributed by atoms with Gasteiger partial charge < -0.3 is 5.32 Å². The molecule has 2 unspecified atom stereocenters. The average Bonchev–Trinajstić information content (AvgIpc) is 2.61. The fraction of sp³-hybridized carbons (Fsp3) is 0.778. The molecule has 0 aromatic carbocycles. The number of carbonyl (C=O) groups excluding carboxylic acids is 1. The molecule has 1 N–H and O–H groups in total. The molecule has 0 saturated heterocycles. The maximum Gasteiger partial charge on any atom is 0.256 e. The van der Waals surface area contributed by atoms with Crippen LogP contribution in [0.25, 0.3) is 0 Å². The first-order chi connectivity index (χ1) is 6.32. The summed E-state index contributed by atoms with van der Waals surface area (Å²) in [5.41, 5.74) is -1.11. The van der Waals surface area contributed by atoms with Gasteiger partial charge in [0.25, 0.3) is 5.92 Å². The van der Waals surface area contributed by atoms with E-state index in [1.54, 1.807) is 6.07 Å². The standard InChI is InChI=1S/C9H12F2N2O/c1-6(3-12)7(14)13-5-8(2)4-9(8,10)11/h6H,4-5H2,1-2H3,(H,13,14). The molecule has 1 rings (SSSR count). The highest BCUT2D eigenvalue weighted by molar-refractivity contribution is 5.80. The Morgan fingerprint density at radius 1 is 1.71 bits per heavy atom. The van der Waals surface area contributed by atoms with E-state index in [1.165, 1.54) is 13.8 Å². The van der Waals surface area contributed by atoms with Crippen molar-refractivity contribution < 1.29 is 13.6 Å². The summed E-state index contributed by atoms with van der Waals surface area (Å²) < 4.78 is 25.4. The number of rotatable bonds is 3. The van der Waals surface area contributed by atoms with Crippen molar-refractivity contribution in [3.05, 3.63) is 0 Å². The molecule has 0 radical (unpaired) electrons. The van der Waals surface area contributed by atoms with Gasteiger partial charge in [0.05, 0.1) is 11.5 Å². The van der Waals surface area contributed by atoms with Crippen molar-refractivity contribution in [1.82, 2.24) is 5.32 Å². The van der Waals surface area contributed by atoms with Crippen LogP contribution in [-0.2, 0) is 4.79 Å². The van der Waals surface area contributed by atoms with E-state index in [0.29, 0.717) is 0 Å². The van der Waals surface area contributed by atoms with Gasteiger partial charge in [-0.25, -0.2) is 8.78 Å². The highest BCUT2D eigenvalue weighted by atomic mass is 19.3. The lowest BCUT2D eigenvalue weighted by molar-refractivity contribution is -0.123. The highest BCUT2D eigenvalue weighted by Gasteiger charge is 2.67. The number of hydrogen-bond donors (Lipinski definition) is 1. The molecule has 0 aromatic heterocycles. The van der Waals surface area contributed by atoms with Crippen molar-refractivity contribution in [2.75, 3.05) is 6.54 Å². The summed E-state index contributed by atoms with van der Waals surface area (Å²) in [5.74, 6) is -3.95. The maximum absolute atomic E-state index is 12.7. The van der Waals surface area contributed by atoms with Gasteiger partial charge in [-0.1, -0.05) is 6.92 Å². The molecule has 5 heteroatoms. The van der Waals surface area contributed by atoms with Crippen LogP contribution in [0.4, 0.5) is 8.78 Å². The molecule has 1 saturated carbocycles. The fourth-order valence-corrected chi connectivity index (χ4v) is 1.13. The Labute approximate surface area is 81.1 Å². The monoisotopic (exact) mass is 202 g/mol. The second-order valence-corrected chi connectivity index (χ2v) is 4.01. The number of hydrogen-bond acceptors (Lipinski definition) is 2. The Balaban J connectivity index is 2.37. The van der Waals surface area contributed by atoms with Gasteiger partial charge in [0, 0.05) is 13.0 Å². The van der Waals surface area contributed by atoms with E-state index >= 15 is 0 Å². The minimum atomic E-state index is -2.67. The molecule has 1 aliphatic rings. The maximum atomic E-state index is 12.7. The minimum absolute atomic E-state index is 0.0646. The average molecular weight is 202 g/mol. The summed E-state index contributed by atoms with van der Waals surface area (Å²) in [6.07, 6.45) is -0.193. The number of carbonyl (C=O) groups is 1. The van der Waals surface area contributed by atoms with Crippen LogP contribution < -0.4 is 5.32 Å². The third kappa shape index (κ3) is 1.84. The van der Waals surface area contributed by atoms with Gasteiger partial charge in [0.1, 0.15) is 5.92 Å². The molecular weight excluding hydrogens is 190 g/mol. The van der Waals surface area contributed by atoms with Crippen LogP contribution in [0.5, 0.6) is 0 Å². The van der Waals surface area contributed by atoms with Crippen LogP contribution in [0, 0.1) is 22.7 Å². The smallest absolute Gasteiger partial charge is 0.256 e. The zero-order valence-electron chi connectivity index (χ0n) is 8.10. The minimum Gasteiger partial charge on any atom is -0.354 e. The van der Waals surface area contributed by atoms with Crippen molar-refractivity contribution in [1.29, 1.82) is 5.26 Å². The first kappa shape index (κ1) is 10.9. The number of nitriles is 1. The quantitative estimate of drug-likeness (QED) is 0.750. The second-order valence-electron chi connectivity index (χ2n) is 4.01. The number of nitrogens with zero attached hydrogens (tertiary/aromatic N) is 1. The molecule has 78 valence electrons. The molecule has 0 heterocycles. The van der Waals surface area contributed by atoms with Crippen LogP contribution in [0.2, 0.25) is 0 Å². The summed E-state index contributed by atoms with van der Waals surface area (Å²) in [7, 11) is 0. The van der Waals surface area contributed by atoms with E-state index in [4.69, 9.17) is 5.26 Å². The molecule has 0 spiro atoms. The fourth-order valence-electron chi connectivity index (χ4n) is 1.13. The SMILES string of the molecule is CC(C#N)C(=O)NCC1(C)CC1(F)F. The normalized spacial score (nSPS) is 30.2. The molecule has 1 fully saturated rings. The molecule has 1 aliphatic carbocycles. The third-order valence-electron chi connectivity index (χ3n) is 2.61. The summed E-state index contributed by atoms with van der Waals surface area (Å²) in [4.78, 5) is 11.1. The Morgan fingerprint density at radius 2 is 2.21 bits per heavy atom. The van der Waals surface area contributed by atoms with Crippen molar-refractivity contribution in [2.45, 2.75) is 26.2 Å². The summed E-state index contributed by atoms with van der Waals surface area (Å²) in [5, 5.41) is 10.7. The van der Waals surface area contributed by atoms with Crippen LogP contribution in [0.15, 0.2) is 0 Å². The zero-order chi connectivity index (χ0) is 11.0. The lowest BCUT2D eigenvalue weighted by Gasteiger charge is -2.11. The molecule has 0 aromatic rings. The highest BCUT2D eigenvalue weighted by Crippen LogP contribution is 2.59. The third-order valence-corrected chi connectivity index (χ3v) is 2.61. The van der Waals surface area contributed by atoms with Gasteiger partial charge in [-0.3, -0.25) is 4.79 Å². The van der Waals surface area contributed by atoms with Gasteiger partial charge >= 0.3 is 0 Å². The second kappa shape index (κ2) is 3.19. The summed E-state index contributed by atoms with van der Waals surface area (Å²) in [6.45, 7) is 2.79. The first-order valence-corrected chi connectivity index (χ1v) is 4.37. The molecule has 0 aliphatic heterocycles. The molecule has 2 atom stereocenters. The van der Waals surface area contributed by atoms with E-state index in [2.05, 4.69) is 5.32 Å². The van der Waals surface area contributed by atoms with Gasteiger partial charge in [-0.2, -0.15) is 5.26 Å². The van der Waals surface area contributed by atoms with Crippen molar-refractivity contribution in [2.24, 2.45) is 11.3 Å². The molecular formula is C9H12F2N2O. The number of halogens is 2. The molecule has 0 bridgehead atoms. The molecule has 14 heavy (non-hydrogen) atoms.